The molecule has 3 N–H and O–H groups in total. The first-order valence-corrected chi connectivity index (χ1v) is 6.59. The normalized spacial score (nSPS) is 11.5. The van der Waals surface area contributed by atoms with Gasteiger partial charge in [-0.25, -0.2) is 0 Å². The van der Waals surface area contributed by atoms with Gasteiger partial charge in [-0.3, -0.25) is 9.97 Å². The molecule has 0 aliphatic heterocycles. The number of hydrogen-bond donors (Lipinski definition) is 2. The van der Waals surface area contributed by atoms with Crippen LogP contribution >= 0.6 is 0 Å². The summed E-state index contributed by atoms with van der Waals surface area (Å²) < 4.78 is 0. The summed E-state index contributed by atoms with van der Waals surface area (Å²) in [5.74, 6) is 0.0663. The summed E-state index contributed by atoms with van der Waals surface area (Å²) in [6.45, 7) is 4.47. The van der Waals surface area contributed by atoms with Gasteiger partial charge in [-0.2, -0.15) is 0 Å². The Morgan fingerprint density at radius 2 is 2.00 bits per heavy atom. The minimum absolute atomic E-state index is 0.0663. The SMILES string of the molecule is Cc1cc(N(C)Cc2ccncc2)c(/C(N)=N/O)c(C)n1. The Hall–Kier alpha value is -2.63. The van der Waals surface area contributed by atoms with Crippen LogP contribution in [0.4, 0.5) is 5.69 Å². The molecule has 0 fully saturated rings. The molecule has 0 radical (unpaired) electrons. The second-order valence-electron chi connectivity index (χ2n) is 4.94. The van der Waals surface area contributed by atoms with Crippen LogP contribution in [0, 0.1) is 13.8 Å². The molecule has 0 saturated heterocycles. The number of hydrogen-bond acceptors (Lipinski definition) is 5. The van der Waals surface area contributed by atoms with Gasteiger partial charge >= 0.3 is 0 Å². The monoisotopic (exact) mass is 285 g/mol. The second kappa shape index (κ2) is 6.21. The van der Waals surface area contributed by atoms with E-state index in [0.717, 1.165) is 22.6 Å². The van der Waals surface area contributed by atoms with Crippen molar-refractivity contribution in [1.29, 1.82) is 0 Å². The van der Waals surface area contributed by atoms with E-state index in [0.29, 0.717) is 12.1 Å². The third-order valence-corrected chi connectivity index (χ3v) is 3.25. The van der Waals surface area contributed by atoms with Crippen LogP contribution in [0.5, 0.6) is 0 Å². The number of amidine groups is 1. The standard InChI is InChI=1S/C15H19N5O/c1-10-8-13(14(11(2)18-10)15(16)19-21)20(3)9-12-4-6-17-7-5-12/h4-8,21H,9H2,1-3H3,(H2,16,19). The highest BCUT2D eigenvalue weighted by Gasteiger charge is 2.16. The third-order valence-electron chi connectivity index (χ3n) is 3.25. The van der Waals surface area contributed by atoms with Gasteiger partial charge < -0.3 is 15.8 Å². The highest BCUT2D eigenvalue weighted by molar-refractivity contribution is 6.03. The lowest BCUT2D eigenvalue weighted by Gasteiger charge is -2.23. The van der Waals surface area contributed by atoms with E-state index in [1.165, 1.54) is 0 Å². The lowest BCUT2D eigenvalue weighted by molar-refractivity contribution is 0.318. The molecule has 6 heteroatoms. The molecular weight excluding hydrogens is 266 g/mol. The molecule has 0 atom stereocenters. The van der Waals surface area contributed by atoms with E-state index in [-0.39, 0.29) is 5.84 Å². The Labute approximate surface area is 123 Å². The lowest BCUT2D eigenvalue weighted by atomic mass is 10.1. The second-order valence-corrected chi connectivity index (χ2v) is 4.94. The Balaban J connectivity index is 2.42. The van der Waals surface area contributed by atoms with Gasteiger partial charge in [0.2, 0.25) is 0 Å². The largest absolute Gasteiger partial charge is 0.409 e. The summed E-state index contributed by atoms with van der Waals surface area (Å²) in [5.41, 5.74) is 10.1. The molecule has 0 saturated carbocycles. The Bertz CT molecular complexity index is 655. The third kappa shape index (κ3) is 3.28. The predicted molar refractivity (Wildman–Crippen MR) is 82.6 cm³/mol. The van der Waals surface area contributed by atoms with Crippen LogP contribution in [0.25, 0.3) is 0 Å². The van der Waals surface area contributed by atoms with Crippen molar-refractivity contribution in [2.24, 2.45) is 10.9 Å². The number of pyridine rings is 2. The molecule has 2 aromatic heterocycles. The predicted octanol–water partition coefficient (Wildman–Crippen LogP) is 1.82. The van der Waals surface area contributed by atoms with Gasteiger partial charge in [-0.05, 0) is 37.6 Å². The number of aromatic nitrogens is 2. The fourth-order valence-corrected chi connectivity index (χ4v) is 2.32. The maximum Gasteiger partial charge on any atom is 0.174 e. The van der Waals surface area contributed by atoms with Crippen molar-refractivity contribution in [1.82, 2.24) is 9.97 Å². The van der Waals surface area contributed by atoms with Crippen LogP contribution in [0.1, 0.15) is 22.5 Å². The topological polar surface area (TPSA) is 87.6 Å². The van der Waals surface area contributed by atoms with Crippen molar-refractivity contribution >= 4 is 11.5 Å². The minimum Gasteiger partial charge on any atom is -0.409 e. The Morgan fingerprint density at radius 3 is 2.62 bits per heavy atom. The van der Waals surface area contributed by atoms with Crippen molar-refractivity contribution in [3.05, 3.63) is 53.1 Å². The average molecular weight is 285 g/mol. The molecule has 2 rings (SSSR count). The first-order chi connectivity index (χ1) is 10.0. The van der Waals surface area contributed by atoms with Crippen LogP contribution in [-0.4, -0.2) is 28.1 Å². The van der Waals surface area contributed by atoms with Crippen molar-refractivity contribution in [3.8, 4) is 0 Å². The molecular formula is C15H19N5O. The van der Waals surface area contributed by atoms with Gasteiger partial charge in [0, 0.05) is 31.7 Å². The zero-order valence-electron chi connectivity index (χ0n) is 12.4. The Morgan fingerprint density at radius 1 is 1.33 bits per heavy atom. The molecule has 6 nitrogen and oxygen atoms in total. The molecule has 0 aliphatic rings. The Kier molecular flexibility index (Phi) is 4.37. The zero-order valence-corrected chi connectivity index (χ0v) is 12.4. The number of aryl methyl sites for hydroxylation is 2. The zero-order chi connectivity index (χ0) is 15.4. The molecule has 0 amide bonds. The van der Waals surface area contributed by atoms with Crippen LogP contribution in [0.15, 0.2) is 35.7 Å². The molecule has 110 valence electrons. The number of rotatable bonds is 4. The van der Waals surface area contributed by atoms with Crippen molar-refractivity contribution in [3.63, 3.8) is 0 Å². The smallest absolute Gasteiger partial charge is 0.174 e. The van der Waals surface area contributed by atoms with Gasteiger partial charge in [0.05, 0.1) is 16.9 Å². The average Bonchev–Trinajstić information content (AvgIpc) is 2.46. The number of oxime groups is 1. The fraction of sp³-hybridized carbons (Fsp3) is 0.267. The summed E-state index contributed by atoms with van der Waals surface area (Å²) in [5, 5.41) is 12.1. The maximum atomic E-state index is 8.99. The highest BCUT2D eigenvalue weighted by atomic mass is 16.4. The maximum absolute atomic E-state index is 8.99. The number of anilines is 1. The van der Waals surface area contributed by atoms with Gasteiger partial charge in [0.1, 0.15) is 0 Å². The van der Waals surface area contributed by atoms with Gasteiger partial charge in [0.25, 0.3) is 0 Å². The summed E-state index contributed by atoms with van der Waals surface area (Å²) >= 11 is 0. The van der Waals surface area contributed by atoms with E-state index in [1.54, 1.807) is 12.4 Å². The lowest BCUT2D eigenvalue weighted by Crippen LogP contribution is -2.24. The van der Waals surface area contributed by atoms with E-state index in [1.807, 2.05) is 44.0 Å². The van der Waals surface area contributed by atoms with Crippen LogP contribution in [0.2, 0.25) is 0 Å². The van der Waals surface area contributed by atoms with E-state index < -0.39 is 0 Å². The molecule has 0 aromatic carbocycles. The fourth-order valence-electron chi connectivity index (χ4n) is 2.32. The molecule has 0 bridgehead atoms. The molecule has 2 aromatic rings. The summed E-state index contributed by atoms with van der Waals surface area (Å²) in [6.07, 6.45) is 3.52. The first-order valence-electron chi connectivity index (χ1n) is 6.59. The van der Waals surface area contributed by atoms with Gasteiger partial charge in [-0.15, -0.1) is 0 Å². The van der Waals surface area contributed by atoms with E-state index >= 15 is 0 Å². The summed E-state index contributed by atoms with van der Waals surface area (Å²) in [6, 6.07) is 5.85. The van der Waals surface area contributed by atoms with Crippen LogP contribution in [0.3, 0.4) is 0 Å². The van der Waals surface area contributed by atoms with Crippen LogP contribution < -0.4 is 10.6 Å². The highest BCUT2D eigenvalue weighted by Crippen LogP contribution is 2.24. The van der Waals surface area contributed by atoms with Crippen LogP contribution in [-0.2, 0) is 6.54 Å². The van der Waals surface area contributed by atoms with Gasteiger partial charge in [0.15, 0.2) is 5.84 Å². The van der Waals surface area contributed by atoms with Gasteiger partial charge in [-0.1, -0.05) is 5.16 Å². The van der Waals surface area contributed by atoms with Crippen molar-refractivity contribution in [2.45, 2.75) is 20.4 Å². The molecule has 21 heavy (non-hydrogen) atoms. The molecule has 2 heterocycles. The molecule has 0 unspecified atom stereocenters. The van der Waals surface area contributed by atoms with E-state index in [2.05, 4.69) is 15.1 Å². The number of nitrogens with zero attached hydrogens (tertiary/aromatic N) is 4. The quantitative estimate of drug-likeness (QED) is 0.387. The summed E-state index contributed by atoms with van der Waals surface area (Å²) in [4.78, 5) is 10.4. The molecule has 0 aliphatic carbocycles. The first kappa shape index (κ1) is 14.8. The van der Waals surface area contributed by atoms with E-state index in [4.69, 9.17) is 10.9 Å². The van der Waals surface area contributed by atoms with Crippen molar-refractivity contribution < 1.29 is 5.21 Å². The molecule has 0 spiro atoms. The number of nitrogens with two attached hydrogens (primary N) is 1. The van der Waals surface area contributed by atoms with Crippen molar-refractivity contribution in [2.75, 3.05) is 11.9 Å². The van der Waals surface area contributed by atoms with E-state index in [9.17, 15) is 0 Å². The minimum atomic E-state index is 0.0663. The summed E-state index contributed by atoms with van der Waals surface area (Å²) in [7, 11) is 1.96.